The van der Waals surface area contributed by atoms with Gasteiger partial charge in [0.15, 0.2) is 17.7 Å². The van der Waals surface area contributed by atoms with Crippen molar-refractivity contribution in [1.82, 2.24) is 19.5 Å². The quantitative estimate of drug-likeness (QED) is 0.696. The fourth-order valence-corrected chi connectivity index (χ4v) is 3.59. The van der Waals surface area contributed by atoms with E-state index in [0.717, 1.165) is 18.4 Å². The highest BCUT2D eigenvalue weighted by atomic mass is 16.6. The zero-order chi connectivity index (χ0) is 19.9. The molecule has 1 aliphatic heterocycles. The van der Waals surface area contributed by atoms with E-state index in [1.54, 1.807) is 4.57 Å². The van der Waals surface area contributed by atoms with Crippen molar-refractivity contribution in [1.29, 1.82) is 0 Å². The van der Waals surface area contributed by atoms with E-state index in [1.807, 2.05) is 13.8 Å². The predicted octanol–water partition coefficient (Wildman–Crippen LogP) is 1.10. The second kappa shape index (κ2) is 7.25. The van der Waals surface area contributed by atoms with Gasteiger partial charge in [-0.1, -0.05) is 18.2 Å². The van der Waals surface area contributed by atoms with Gasteiger partial charge in [0.25, 0.3) is 0 Å². The highest BCUT2D eigenvalue weighted by Gasteiger charge is 2.45. The number of anilines is 1. The third-order valence-electron chi connectivity index (χ3n) is 5.30. The Morgan fingerprint density at radius 1 is 1.25 bits per heavy atom. The number of nitrogens with zero attached hydrogens (tertiary/aromatic N) is 4. The van der Waals surface area contributed by atoms with Gasteiger partial charge in [-0.15, -0.1) is 0 Å². The SMILES string of the molecule is CC(C)(OC[C@H]1O[C@@H](n2cnc3c(N)ncnc32)[C@H](O)[C@@H]1O)C1=CCCC=C1. The third kappa shape index (κ3) is 3.30. The molecule has 2 aliphatic rings. The smallest absolute Gasteiger partial charge is 0.167 e. The molecule has 1 saturated heterocycles. The Kier molecular flexibility index (Phi) is 4.92. The number of aromatic nitrogens is 4. The van der Waals surface area contributed by atoms with Crippen LogP contribution in [0.4, 0.5) is 5.82 Å². The molecular weight excluding hydrogens is 362 g/mol. The van der Waals surface area contributed by atoms with Crippen LogP contribution in [0.5, 0.6) is 0 Å². The second-order valence-corrected chi connectivity index (χ2v) is 7.59. The summed E-state index contributed by atoms with van der Waals surface area (Å²) in [5.41, 5.74) is 7.24. The fraction of sp³-hybridized carbons (Fsp3) is 0.526. The lowest BCUT2D eigenvalue weighted by Crippen LogP contribution is -2.37. The Labute approximate surface area is 162 Å². The van der Waals surface area contributed by atoms with Gasteiger partial charge in [0, 0.05) is 0 Å². The normalized spacial score (nSPS) is 28.1. The number of nitrogens with two attached hydrogens (primary N) is 1. The van der Waals surface area contributed by atoms with E-state index < -0.39 is 30.1 Å². The van der Waals surface area contributed by atoms with Crippen molar-refractivity contribution in [2.45, 2.75) is 56.8 Å². The molecule has 4 N–H and O–H groups in total. The molecule has 150 valence electrons. The van der Waals surface area contributed by atoms with Gasteiger partial charge in [-0.2, -0.15) is 0 Å². The van der Waals surface area contributed by atoms with Crippen LogP contribution in [0.2, 0.25) is 0 Å². The van der Waals surface area contributed by atoms with Crippen LogP contribution in [-0.4, -0.2) is 60.3 Å². The van der Waals surface area contributed by atoms with Gasteiger partial charge in [-0.05, 0) is 32.3 Å². The van der Waals surface area contributed by atoms with Gasteiger partial charge in [-0.3, -0.25) is 4.57 Å². The number of nitrogen functional groups attached to an aromatic ring is 1. The van der Waals surface area contributed by atoms with E-state index in [9.17, 15) is 10.2 Å². The van der Waals surface area contributed by atoms with Crippen molar-refractivity contribution in [3.63, 3.8) is 0 Å². The molecule has 4 atom stereocenters. The summed E-state index contributed by atoms with van der Waals surface area (Å²) in [5.74, 6) is 0.243. The predicted molar refractivity (Wildman–Crippen MR) is 102 cm³/mol. The van der Waals surface area contributed by atoms with E-state index in [2.05, 4.69) is 33.2 Å². The third-order valence-corrected chi connectivity index (χ3v) is 5.30. The van der Waals surface area contributed by atoms with Gasteiger partial charge in [0.1, 0.15) is 30.2 Å². The minimum atomic E-state index is -1.15. The van der Waals surface area contributed by atoms with Gasteiger partial charge < -0.3 is 25.4 Å². The van der Waals surface area contributed by atoms with Gasteiger partial charge in [-0.25, -0.2) is 15.0 Å². The van der Waals surface area contributed by atoms with E-state index >= 15 is 0 Å². The number of fused-ring (bicyclic) bond motifs is 1. The molecule has 0 saturated carbocycles. The van der Waals surface area contributed by atoms with Crippen molar-refractivity contribution < 1.29 is 19.7 Å². The van der Waals surface area contributed by atoms with Gasteiger partial charge >= 0.3 is 0 Å². The molecule has 9 nitrogen and oxygen atoms in total. The Morgan fingerprint density at radius 3 is 2.82 bits per heavy atom. The minimum absolute atomic E-state index is 0.136. The first-order valence-corrected chi connectivity index (χ1v) is 9.34. The number of rotatable bonds is 5. The molecule has 9 heteroatoms. The maximum atomic E-state index is 10.5. The number of imidazole rings is 1. The van der Waals surface area contributed by atoms with Crippen LogP contribution < -0.4 is 5.73 Å². The molecule has 0 unspecified atom stereocenters. The Hall–Kier alpha value is -2.33. The number of ether oxygens (including phenoxy) is 2. The van der Waals surface area contributed by atoms with Crippen molar-refractivity contribution in [2.24, 2.45) is 0 Å². The molecule has 0 bridgehead atoms. The summed E-state index contributed by atoms with van der Waals surface area (Å²) >= 11 is 0. The maximum absolute atomic E-state index is 10.5. The number of aliphatic hydroxyl groups is 2. The van der Waals surface area contributed by atoms with Crippen LogP contribution >= 0.6 is 0 Å². The van der Waals surface area contributed by atoms with E-state index in [-0.39, 0.29) is 12.4 Å². The summed E-state index contributed by atoms with van der Waals surface area (Å²) in [6, 6.07) is 0. The molecule has 2 aromatic rings. The first-order valence-electron chi connectivity index (χ1n) is 9.34. The largest absolute Gasteiger partial charge is 0.387 e. The van der Waals surface area contributed by atoms with Crippen LogP contribution in [-0.2, 0) is 9.47 Å². The first kappa shape index (κ1) is 19.0. The van der Waals surface area contributed by atoms with E-state index in [4.69, 9.17) is 15.2 Å². The highest BCUT2D eigenvalue weighted by Crippen LogP contribution is 2.33. The number of aliphatic hydroxyl groups excluding tert-OH is 2. The van der Waals surface area contributed by atoms with Crippen LogP contribution in [0.3, 0.4) is 0 Å². The Balaban J connectivity index is 1.49. The standard InChI is InChI=1S/C19H25N5O4/c1-19(2,11-6-4-3-5-7-11)27-8-12-14(25)15(26)18(28-12)24-10-23-13-16(20)21-9-22-17(13)24/h4,6-7,9-10,12,14-15,18,25-26H,3,5,8H2,1-2H3,(H2,20,21,22)/t12-,14-,15-,18-/m1/s1. The lowest BCUT2D eigenvalue weighted by atomic mass is 9.93. The summed E-state index contributed by atoms with van der Waals surface area (Å²) in [5, 5.41) is 21.0. The number of allylic oxidation sites excluding steroid dienone is 2. The number of hydrogen-bond acceptors (Lipinski definition) is 8. The molecule has 0 amide bonds. The van der Waals surface area contributed by atoms with Crippen LogP contribution in [0.1, 0.15) is 32.9 Å². The average molecular weight is 387 g/mol. The van der Waals surface area contributed by atoms with Crippen LogP contribution in [0.25, 0.3) is 11.2 Å². The van der Waals surface area contributed by atoms with Crippen LogP contribution in [0, 0.1) is 0 Å². The fourth-order valence-electron chi connectivity index (χ4n) is 3.59. The van der Waals surface area contributed by atoms with Crippen molar-refractivity contribution >= 4 is 17.0 Å². The minimum Gasteiger partial charge on any atom is -0.387 e. The molecule has 4 rings (SSSR count). The Morgan fingerprint density at radius 2 is 2.07 bits per heavy atom. The highest BCUT2D eigenvalue weighted by molar-refractivity contribution is 5.81. The van der Waals surface area contributed by atoms with Gasteiger partial charge in [0.05, 0.1) is 18.5 Å². The summed E-state index contributed by atoms with van der Waals surface area (Å²) in [6.07, 6.45) is 7.37. The Bertz CT molecular complexity index is 922. The molecule has 0 radical (unpaired) electrons. The molecule has 28 heavy (non-hydrogen) atoms. The maximum Gasteiger partial charge on any atom is 0.167 e. The summed E-state index contributed by atoms with van der Waals surface area (Å²) in [7, 11) is 0. The lowest BCUT2D eigenvalue weighted by Gasteiger charge is -2.30. The summed E-state index contributed by atoms with van der Waals surface area (Å²) < 4.78 is 13.5. The zero-order valence-electron chi connectivity index (χ0n) is 15.9. The molecule has 1 aliphatic carbocycles. The molecule has 0 spiro atoms. The number of hydrogen-bond donors (Lipinski definition) is 3. The van der Waals surface area contributed by atoms with Crippen molar-refractivity contribution in [3.8, 4) is 0 Å². The second-order valence-electron chi connectivity index (χ2n) is 7.59. The van der Waals surface area contributed by atoms with Crippen molar-refractivity contribution in [2.75, 3.05) is 12.3 Å². The molecule has 1 fully saturated rings. The molecular formula is C19H25N5O4. The topological polar surface area (TPSA) is 129 Å². The van der Waals surface area contributed by atoms with Gasteiger partial charge in [0.2, 0.25) is 0 Å². The summed E-state index contributed by atoms with van der Waals surface area (Å²) in [4.78, 5) is 12.3. The molecule has 0 aromatic carbocycles. The van der Waals surface area contributed by atoms with Crippen molar-refractivity contribution in [3.05, 3.63) is 36.5 Å². The monoisotopic (exact) mass is 387 g/mol. The van der Waals surface area contributed by atoms with E-state index in [0.29, 0.717) is 11.2 Å². The average Bonchev–Trinajstić information content (AvgIpc) is 3.24. The first-order chi connectivity index (χ1) is 13.4. The van der Waals surface area contributed by atoms with E-state index in [1.165, 1.54) is 12.7 Å². The lowest BCUT2D eigenvalue weighted by molar-refractivity contribution is -0.0935. The zero-order valence-corrected chi connectivity index (χ0v) is 15.9. The molecule has 2 aromatic heterocycles. The van der Waals surface area contributed by atoms with Crippen LogP contribution in [0.15, 0.2) is 36.5 Å². The summed E-state index contributed by atoms with van der Waals surface area (Å²) in [6.45, 7) is 4.09. The molecule has 3 heterocycles.